The number of aromatic nitrogens is 1. The van der Waals surface area contributed by atoms with Crippen LogP contribution in [-0.4, -0.2) is 49.3 Å². The van der Waals surface area contributed by atoms with Gasteiger partial charge in [0.15, 0.2) is 5.13 Å². The molecular formula is C21H21N3O5S3. The number of thiophene rings is 1. The summed E-state index contributed by atoms with van der Waals surface area (Å²) >= 11 is 2.40. The van der Waals surface area contributed by atoms with Crippen LogP contribution in [0.15, 0.2) is 51.4 Å². The van der Waals surface area contributed by atoms with Crippen LogP contribution < -0.4 is 5.32 Å². The maximum Gasteiger partial charge on any atom is 0.337 e. The minimum atomic E-state index is -3.72. The molecule has 1 aromatic carbocycles. The maximum absolute atomic E-state index is 13.0. The number of carbonyl (C=O) groups excluding carboxylic acids is 2. The van der Waals surface area contributed by atoms with Gasteiger partial charge in [0.05, 0.1) is 18.4 Å². The molecule has 11 heteroatoms. The second-order valence-electron chi connectivity index (χ2n) is 7.16. The summed E-state index contributed by atoms with van der Waals surface area (Å²) in [6, 6.07) is 9.27. The van der Waals surface area contributed by atoms with E-state index >= 15 is 0 Å². The van der Waals surface area contributed by atoms with Crippen molar-refractivity contribution >= 4 is 49.7 Å². The van der Waals surface area contributed by atoms with E-state index in [1.54, 1.807) is 47.2 Å². The van der Waals surface area contributed by atoms with Gasteiger partial charge in [0.25, 0.3) is 10.0 Å². The number of hydrogen-bond donors (Lipinski definition) is 1. The summed E-state index contributed by atoms with van der Waals surface area (Å²) < 4.78 is 32.3. The number of ether oxygens (including phenoxy) is 1. The molecule has 1 aliphatic rings. The molecule has 1 fully saturated rings. The Morgan fingerprint density at radius 3 is 2.62 bits per heavy atom. The zero-order valence-electron chi connectivity index (χ0n) is 17.2. The number of nitrogens with zero attached hydrogens (tertiary/aromatic N) is 2. The third kappa shape index (κ3) is 4.60. The number of thiazole rings is 1. The van der Waals surface area contributed by atoms with Gasteiger partial charge in [-0.3, -0.25) is 4.79 Å². The van der Waals surface area contributed by atoms with Gasteiger partial charge in [-0.25, -0.2) is 18.2 Å². The first kappa shape index (κ1) is 22.6. The number of amides is 1. The van der Waals surface area contributed by atoms with Gasteiger partial charge >= 0.3 is 5.97 Å². The predicted molar refractivity (Wildman–Crippen MR) is 123 cm³/mol. The molecule has 1 saturated heterocycles. The SMILES string of the molecule is COC(=O)c1ccc(-c2csc(NC(=O)C3CCCCN3S(=O)(=O)c3cccs3)n2)cc1. The Labute approximate surface area is 193 Å². The summed E-state index contributed by atoms with van der Waals surface area (Å²) in [5, 5.41) is 6.67. The predicted octanol–water partition coefficient (Wildman–Crippen LogP) is 3.84. The molecule has 1 atom stereocenters. The van der Waals surface area contributed by atoms with Crippen molar-refractivity contribution in [2.24, 2.45) is 0 Å². The van der Waals surface area contributed by atoms with Gasteiger partial charge in [-0.1, -0.05) is 24.6 Å². The molecule has 168 valence electrons. The van der Waals surface area contributed by atoms with Gasteiger partial charge in [0.1, 0.15) is 10.3 Å². The lowest BCUT2D eigenvalue weighted by atomic mass is 10.0. The van der Waals surface area contributed by atoms with Crippen molar-refractivity contribution < 1.29 is 22.7 Å². The molecule has 0 bridgehead atoms. The fraction of sp³-hybridized carbons (Fsp3) is 0.286. The van der Waals surface area contributed by atoms with Crippen molar-refractivity contribution in [1.82, 2.24) is 9.29 Å². The molecule has 1 aliphatic heterocycles. The van der Waals surface area contributed by atoms with Gasteiger partial charge in [-0.2, -0.15) is 4.31 Å². The number of piperidine rings is 1. The van der Waals surface area contributed by atoms with E-state index < -0.39 is 22.0 Å². The van der Waals surface area contributed by atoms with Crippen LogP contribution in [-0.2, 0) is 19.6 Å². The average molecular weight is 492 g/mol. The van der Waals surface area contributed by atoms with E-state index in [2.05, 4.69) is 10.3 Å². The van der Waals surface area contributed by atoms with Crippen LogP contribution in [0.5, 0.6) is 0 Å². The number of methoxy groups -OCH3 is 1. The van der Waals surface area contributed by atoms with E-state index in [-0.39, 0.29) is 10.1 Å². The van der Waals surface area contributed by atoms with Crippen LogP contribution in [0, 0.1) is 0 Å². The summed E-state index contributed by atoms with van der Waals surface area (Å²) in [5.41, 5.74) is 1.87. The zero-order chi connectivity index (χ0) is 22.7. The molecule has 1 unspecified atom stereocenters. The first-order valence-corrected chi connectivity index (χ1v) is 13.1. The normalized spacial score (nSPS) is 17.1. The maximum atomic E-state index is 13.0. The molecule has 8 nitrogen and oxygen atoms in total. The number of benzene rings is 1. The van der Waals surface area contributed by atoms with E-state index in [0.717, 1.165) is 29.7 Å². The molecule has 32 heavy (non-hydrogen) atoms. The highest BCUT2D eigenvalue weighted by molar-refractivity contribution is 7.91. The van der Waals surface area contributed by atoms with Crippen LogP contribution in [0.1, 0.15) is 29.6 Å². The number of hydrogen-bond acceptors (Lipinski definition) is 8. The van der Waals surface area contributed by atoms with Gasteiger partial charge in [-0.15, -0.1) is 22.7 Å². The van der Waals surface area contributed by atoms with Crippen molar-refractivity contribution in [3.8, 4) is 11.3 Å². The monoisotopic (exact) mass is 491 g/mol. The minimum Gasteiger partial charge on any atom is -0.465 e. The molecule has 2 aromatic heterocycles. The highest BCUT2D eigenvalue weighted by Crippen LogP contribution is 2.30. The molecule has 1 amide bonds. The van der Waals surface area contributed by atoms with Gasteiger partial charge in [-0.05, 0) is 36.4 Å². The summed E-state index contributed by atoms with van der Waals surface area (Å²) in [5.74, 6) is -0.802. The lowest BCUT2D eigenvalue weighted by molar-refractivity contribution is -0.120. The number of anilines is 1. The molecule has 1 N–H and O–H groups in total. The molecule has 4 rings (SSSR count). The van der Waals surface area contributed by atoms with Gasteiger partial charge in [0, 0.05) is 17.5 Å². The summed E-state index contributed by atoms with van der Waals surface area (Å²) in [4.78, 5) is 29.0. The van der Waals surface area contributed by atoms with Gasteiger partial charge in [0.2, 0.25) is 5.91 Å². The fourth-order valence-corrected chi connectivity index (χ4v) is 7.03. The molecule has 0 spiro atoms. The number of sulfonamides is 1. The lowest BCUT2D eigenvalue weighted by Gasteiger charge is -2.32. The third-order valence-electron chi connectivity index (χ3n) is 5.15. The van der Waals surface area contributed by atoms with Crippen molar-refractivity contribution in [2.75, 3.05) is 19.0 Å². The van der Waals surface area contributed by atoms with Crippen LogP contribution >= 0.6 is 22.7 Å². The van der Waals surface area contributed by atoms with Crippen molar-refractivity contribution in [1.29, 1.82) is 0 Å². The van der Waals surface area contributed by atoms with Crippen molar-refractivity contribution in [3.05, 3.63) is 52.7 Å². The Morgan fingerprint density at radius 2 is 1.94 bits per heavy atom. The van der Waals surface area contributed by atoms with Crippen molar-refractivity contribution in [2.45, 2.75) is 29.5 Å². The van der Waals surface area contributed by atoms with E-state index in [4.69, 9.17) is 4.74 Å². The summed E-state index contributed by atoms with van der Waals surface area (Å²) in [6.45, 7) is 0.313. The number of carbonyl (C=O) groups is 2. The second-order valence-corrected chi connectivity index (χ2v) is 11.1. The topological polar surface area (TPSA) is 106 Å². The lowest BCUT2D eigenvalue weighted by Crippen LogP contribution is -2.49. The Kier molecular flexibility index (Phi) is 6.70. The Morgan fingerprint density at radius 1 is 1.16 bits per heavy atom. The number of nitrogens with one attached hydrogen (secondary N) is 1. The minimum absolute atomic E-state index is 0.240. The molecule has 0 saturated carbocycles. The van der Waals surface area contributed by atoms with Crippen LogP contribution in [0.25, 0.3) is 11.3 Å². The quantitative estimate of drug-likeness (QED) is 0.525. The molecular weight excluding hydrogens is 470 g/mol. The van der Waals surface area contributed by atoms with E-state index in [0.29, 0.717) is 29.4 Å². The summed E-state index contributed by atoms with van der Waals surface area (Å²) in [7, 11) is -2.40. The van der Waals surface area contributed by atoms with E-state index in [1.165, 1.54) is 22.8 Å². The smallest absolute Gasteiger partial charge is 0.337 e. The van der Waals surface area contributed by atoms with Gasteiger partial charge < -0.3 is 10.1 Å². The van der Waals surface area contributed by atoms with E-state index in [1.807, 2.05) is 0 Å². The Balaban J connectivity index is 1.49. The highest BCUT2D eigenvalue weighted by Gasteiger charge is 2.38. The van der Waals surface area contributed by atoms with Crippen LogP contribution in [0.4, 0.5) is 5.13 Å². The first-order chi connectivity index (χ1) is 15.4. The third-order valence-corrected chi connectivity index (χ3v) is 9.19. The number of esters is 1. The zero-order valence-corrected chi connectivity index (χ0v) is 19.6. The van der Waals surface area contributed by atoms with Crippen LogP contribution in [0.2, 0.25) is 0 Å². The first-order valence-electron chi connectivity index (χ1n) is 9.90. The molecule has 3 heterocycles. The van der Waals surface area contributed by atoms with Crippen molar-refractivity contribution in [3.63, 3.8) is 0 Å². The second kappa shape index (κ2) is 9.49. The summed E-state index contributed by atoms with van der Waals surface area (Å²) in [6.07, 6.45) is 1.96. The Bertz CT molecular complexity index is 1200. The molecule has 0 radical (unpaired) electrons. The Hall–Kier alpha value is -2.60. The number of rotatable bonds is 6. The van der Waals surface area contributed by atoms with Crippen LogP contribution in [0.3, 0.4) is 0 Å². The highest BCUT2D eigenvalue weighted by atomic mass is 32.2. The fourth-order valence-electron chi connectivity index (χ4n) is 3.53. The molecule has 0 aliphatic carbocycles. The average Bonchev–Trinajstić information content (AvgIpc) is 3.52. The molecule has 3 aromatic rings. The standard InChI is InChI=1S/C21H21N3O5S3/c1-29-20(26)15-9-7-14(8-10-15)16-13-31-21(22-16)23-19(25)17-5-2-3-11-24(17)32(27,28)18-6-4-12-30-18/h4,6-10,12-13,17H,2-3,5,11H2,1H3,(H,22,23,25). The van der Waals surface area contributed by atoms with E-state index in [9.17, 15) is 18.0 Å². The largest absolute Gasteiger partial charge is 0.465 e.